The summed E-state index contributed by atoms with van der Waals surface area (Å²) in [6.45, 7) is 0.135. The Kier molecular flexibility index (Phi) is 4.38. The summed E-state index contributed by atoms with van der Waals surface area (Å²) in [4.78, 5) is 11.9. The SMILES string of the molecule is O=C(NCc1ccccc1F)Nc1cccc(-n2cccc2)c1. The van der Waals surface area contributed by atoms with E-state index in [1.807, 2.05) is 47.3 Å². The molecule has 2 N–H and O–H groups in total. The molecule has 0 saturated carbocycles. The second-order valence-corrected chi connectivity index (χ2v) is 5.04. The van der Waals surface area contributed by atoms with Crippen LogP contribution in [0.2, 0.25) is 0 Å². The number of amides is 2. The van der Waals surface area contributed by atoms with Crippen molar-refractivity contribution >= 4 is 11.7 Å². The van der Waals surface area contributed by atoms with Gasteiger partial charge in [0, 0.05) is 35.9 Å². The Bertz CT molecular complexity index is 800. The first-order valence-electron chi connectivity index (χ1n) is 7.24. The van der Waals surface area contributed by atoms with Crippen LogP contribution in [0.3, 0.4) is 0 Å². The molecule has 3 aromatic rings. The van der Waals surface area contributed by atoms with Crippen molar-refractivity contribution in [1.29, 1.82) is 0 Å². The maximum absolute atomic E-state index is 13.5. The molecule has 0 radical (unpaired) electrons. The van der Waals surface area contributed by atoms with Crippen LogP contribution in [0.1, 0.15) is 5.56 Å². The Morgan fingerprint density at radius 1 is 1.00 bits per heavy atom. The molecule has 0 aliphatic heterocycles. The highest BCUT2D eigenvalue weighted by Crippen LogP contribution is 2.15. The third kappa shape index (κ3) is 3.77. The second-order valence-electron chi connectivity index (χ2n) is 5.04. The van der Waals surface area contributed by atoms with E-state index in [2.05, 4.69) is 10.6 Å². The molecule has 0 spiro atoms. The lowest BCUT2D eigenvalue weighted by molar-refractivity contribution is 0.251. The van der Waals surface area contributed by atoms with Crippen molar-refractivity contribution in [3.05, 3.63) is 84.4 Å². The molecule has 2 aromatic carbocycles. The van der Waals surface area contributed by atoms with E-state index in [-0.39, 0.29) is 18.4 Å². The van der Waals surface area contributed by atoms with E-state index in [1.165, 1.54) is 6.07 Å². The van der Waals surface area contributed by atoms with E-state index in [0.29, 0.717) is 11.3 Å². The standard InChI is InChI=1S/C18H16FN3O/c19-17-9-2-1-6-14(17)13-20-18(23)21-15-7-5-8-16(12-15)22-10-3-4-11-22/h1-12H,13H2,(H2,20,21,23). The van der Waals surface area contributed by atoms with Crippen LogP contribution in [0.15, 0.2) is 73.1 Å². The van der Waals surface area contributed by atoms with E-state index in [0.717, 1.165) is 5.69 Å². The molecule has 5 heteroatoms. The molecule has 4 nitrogen and oxygen atoms in total. The number of carbonyl (C=O) groups excluding carboxylic acids is 1. The Balaban J connectivity index is 1.62. The first-order valence-corrected chi connectivity index (χ1v) is 7.24. The quantitative estimate of drug-likeness (QED) is 0.753. The fourth-order valence-corrected chi connectivity index (χ4v) is 2.24. The highest BCUT2D eigenvalue weighted by Gasteiger charge is 2.05. The third-order valence-electron chi connectivity index (χ3n) is 3.40. The van der Waals surface area contributed by atoms with Gasteiger partial charge in [-0.1, -0.05) is 24.3 Å². The third-order valence-corrected chi connectivity index (χ3v) is 3.40. The van der Waals surface area contributed by atoms with Gasteiger partial charge in [-0.2, -0.15) is 0 Å². The molecule has 3 rings (SSSR count). The van der Waals surface area contributed by atoms with Crippen molar-refractivity contribution in [3.8, 4) is 5.69 Å². The first kappa shape index (κ1) is 14.8. The molecule has 2 amide bonds. The van der Waals surface area contributed by atoms with E-state index in [9.17, 15) is 9.18 Å². The lowest BCUT2D eigenvalue weighted by Gasteiger charge is -2.10. The number of nitrogens with one attached hydrogen (secondary N) is 2. The van der Waals surface area contributed by atoms with Crippen molar-refractivity contribution in [2.45, 2.75) is 6.54 Å². The zero-order chi connectivity index (χ0) is 16.1. The van der Waals surface area contributed by atoms with Crippen molar-refractivity contribution in [3.63, 3.8) is 0 Å². The molecule has 1 aromatic heterocycles. The zero-order valence-electron chi connectivity index (χ0n) is 12.4. The number of hydrogen-bond donors (Lipinski definition) is 2. The summed E-state index contributed by atoms with van der Waals surface area (Å²) >= 11 is 0. The van der Waals surface area contributed by atoms with Crippen LogP contribution in [-0.2, 0) is 6.54 Å². The average molecular weight is 309 g/mol. The number of carbonyl (C=O) groups is 1. The number of halogens is 1. The van der Waals surface area contributed by atoms with E-state index >= 15 is 0 Å². The minimum Gasteiger partial charge on any atom is -0.334 e. The molecule has 0 saturated heterocycles. The fourth-order valence-electron chi connectivity index (χ4n) is 2.24. The summed E-state index contributed by atoms with van der Waals surface area (Å²) in [5.41, 5.74) is 2.06. The first-order chi connectivity index (χ1) is 11.2. The number of nitrogens with zero attached hydrogens (tertiary/aromatic N) is 1. The van der Waals surface area contributed by atoms with Crippen LogP contribution in [0, 0.1) is 5.82 Å². The minimum atomic E-state index is -0.377. The summed E-state index contributed by atoms with van der Waals surface area (Å²) in [6, 6.07) is 17.3. The number of aromatic nitrogens is 1. The molecule has 0 fully saturated rings. The van der Waals surface area contributed by atoms with Crippen LogP contribution in [0.25, 0.3) is 5.69 Å². The normalized spacial score (nSPS) is 10.3. The van der Waals surface area contributed by atoms with Crippen LogP contribution in [0.4, 0.5) is 14.9 Å². The highest BCUT2D eigenvalue weighted by atomic mass is 19.1. The van der Waals surface area contributed by atoms with Gasteiger partial charge >= 0.3 is 6.03 Å². The van der Waals surface area contributed by atoms with Crippen molar-refractivity contribution in [2.24, 2.45) is 0 Å². The summed E-state index contributed by atoms with van der Waals surface area (Å²) in [5.74, 6) is -0.331. The number of rotatable bonds is 4. The predicted octanol–water partition coefficient (Wildman–Crippen LogP) is 3.94. The molecule has 23 heavy (non-hydrogen) atoms. The molecule has 0 unspecified atom stereocenters. The number of benzene rings is 2. The maximum Gasteiger partial charge on any atom is 0.319 e. The fraction of sp³-hybridized carbons (Fsp3) is 0.0556. The lowest BCUT2D eigenvalue weighted by atomic mass is 10.2. The Morgan fingerprint density at radius 3 is 2.57 bits per heavy atom. The number of hydrogen-bond acceptors (Lipinski definition) is 1. The van der Waals surface area contributed by atoms with Crippen LogP contribution in [0.5, 0.6) is 0 Å². The van der Waals surface area contributed by atoms with Gasteiger partial charge in [0.1, 0.15) is 5.82 Å². The molecule has 0 atom stereocenters. The Labute approximate surface area is 133 Å². The van der Waals surface area contributed by atoms with E-state index < -0.39 is 0 Å². The van der Waals surface area contributed by atoms with Gasteiger partial charge in [-0.3, -0.25) is 0 Å². The van der Waals surface area contributed by atoms with Gasteiger partial charge in [0.25, 0.3) is 0 Å². The summed E-state index contributed by atoms with van der Waals surface area (Å²) in [7, 11) is 0. The largest absolute Gasteiger partial charge is 0.334 e. The van der Waals surface area contributed by atoms with Gasteiger partial charge in [0.2, 0.25) is 0 Å². The van der Waals surface area contributed by atoms with Crippen molar-refractivity contribution in [2.75, 3.05) is 5.32 Å². The summed E-state index contributed by atoms with van der Waals surface area (Å²) in [6.07, 6.45) is 3.86. The van der Waals surface area contributed by atoms with E-state index in [4.69, 9.17) is 0 Å². The van der Waals surface area contributed by atoms with Gasteiger partial charge < -0.3 is 15.2 Å². The topological polar surface area (TPSA) is 46.1 Å². The van der Waals surface area contributed by atoms with E-state index in [1.54, 1.807) is 24.3 Å². The molecule has 0 aliphatic carbocycles. The molecule has 0 aliphatic rings. The smallest absolute Gasteiger partial charge is 0.319 e. The summed E-state index contributed by atoms with van der Waals surface area (Å²) in [5, 5.41) is 5.39. The van der Waals surface area contributed by atoms with Gasteiger partial charge in [-0.25, -0.2) is 9.18 Å². The monoisotopic (exact) mass is 309 g/mol. The molecular formula is C18H16FN3O. The van der Waals surface area contributed by atoms with Gasteiger partial charge in [-0.15, -0.1) is 0 Å². The predicted molar refractivity (Wildman–Crippen MR) is 88.0 cm³/mol. The lowest BCUT2D eigenvalue weighted by Crippen LogP contribution is -2.28. The highest BCUT2D eigenvalue weighted by molar-refractivity contribution is 5.89. The number of urea groups is 1. The Morgan fingerprint density at radius 2 is 1.78 bits per heavy atom. The zero-order valence-corrected chi connectivity index (χ0v) is 12.4. The van der Waals surface area contributed by atoms with Gasteiger partial charge in [0.15, 0.2) is 0 Å². The van der Waals surface area contributed by atoms with Crippen LogP contribution < -0.4 is 10.6 Å². The molecule has 0 bridgehead atoms. The summed E-state index contributed by atoms with van der Waals surface area (Å²) < 4.78 is 15.4. The molecule has 116 valence electrons. The molecule has 1 heterocycles. The average Bonchev–Trinajstić information content (AvgIpc) is 3.09. The molecular weight excluding hydrogens is 293 g/mol. The Hall–Kier alpha value is -3.08. The minimum absolute atomic E-state index is 0.135. The van der Waals surface area contributed by atoms with Crippen LogP contribution >= 0.6 is 0 Å². The van der Waals surface area contributed by atoms with Crippen LogP contribution in [-0.4, -0.2) is 10.6 Å². The van der Waals surface area contributed by atoms with Gasteiger partial charge in [0.05, 0.1) is 0 Å². The number of anilines is 1. The van der Waals surface area contributed by atoms with Crippen molar-refractivity contribution in [1.82, 2.24) is 9.88 Å². The van der Waals surface area contributed by atoms with Crippen molar-refractivity contribution < 1.29 is 9.18 Å². The maximum atomic E-state index is 13.5. The second kappa shape index (κ2) is 6.79. The van der Waals surface area contributed by atoms with Gasteiger partial charge in [-0.05, 0) is 36.4 Å².